The van der Waals surface area contributed by atoms with E-state index in [2.05, 4.69) is 31.6 Å². The number of ether oxygens (including phenoxy) is 1. The molecule has 2 aliphatic rings. The fourth-order valence-electron chi connectivity index (χ4n) is 6.66. The van der Waals surface area contributed by atoms with Gasteiger partial charge in [-0.25, -0.2) is 0 Å². The van der Waals surface area contributed by atoms with Crippen LogP contribution in [0.15, 0.2) is 30.5 Å². The van der Waals surface area contributed by atoms with Crippen LogP contribution in [0.5, 0.6) is 0 Å². The molecule has 7 amide bonds. The maximum Gasteiger partial charge on any atom is 0.305 e. The molecule has 2 aliphatic heterocycles. The number of H-pyrrole nitrogens is 1. The van der Waals surface area contributed by atoms with E-state index in [-0.39, 0.29) is 38.2 Å². The molecule has 0 saturated carbocycles. The van der Waals surface area contributed by atoms with Crippen LogP contribution in [0.1, 0.15) is 51.0 Å². The van der Waals surface area contributed by atoms with Crippen molar-refractivity contribution in [3.05, 3.63) is 36.0 Å². The van der Waals surface area contributed by atoms with E-state index >= 15 is 0 Å². The second kappa shape index (κ2) is 21.9. The van der Waals surface area contributed by atoms with E-state index in [0.717, 1.165) is 29.4 Å². The summed E-state index contributed by atoms with van der Waals surface area (Å²) in [6.45, 7) is 1.65. The molecule has 324 valence electrons. The zero-order chi connectivity index (χ0) is 43.3. The van der Waals surface area contributed by atoms with Gasteiger partial charge in [0.25, 0.3) is 0 Å². The number of rotatable bonds is 11. The Kier molecular flexibility index (Phi) is 17.4. The van der Waals surface area contributed by atoms with Crippen LogP contribution in [0.4, 0.5) is 0 Å². The number of benzene rings is 1. The molecule has 0 aliphatic carbocycles. The summed E-state index contributed by atoms with van der Waals surface area (Å²) in [5.74, 6) is -6.22. The van der Waals surface area contributed by atoms with E-state index in [1.54, 1.807) is 0 Å². The average Bonchev–Trinajstić information content (AvgIpc) is 3.79. The van der Waals surface area contributed by atoms with Gasteiger partial charge in [0.15, 0.2) is 0 Å². The lowest BCUT2D eigenvalue weighted by atomic mass is 10.1. The molecule has 21 heteroatoms. The number of unbranched alkanes of at least 4 members (excludes halogenated alkanes) is 1. The summed E-state index contributed by atoms with van der Waals surface area (Å²) in [7, 11) is 8.57. The largest absolute Gasteiger partial charge is 0.481 e. The fourth-order valence-corrected chi connectivity index (χ4v) is 8.82. The van der Waals surface area contributed by atoms with Crippen molar-refractivity contribution in [2.24, 2.45) is 5.73 Å². The summed E-state index contributed by atoms with van der Waals surface area (Å²) in [6.07, 6.45) is 2.03. The van der Waals surface area contributed by atoms with Gasteiger partial charge in [0, 0.05) is 53.6 Å². The highest BCUT2D eigenvalue weighted by molar-refractivity contribution is 8.76. The van der Waals surface area contributed by atoms with Crippen LogP contribution in [0, 0.1) is 0 Å². The molecule has 1 aromatic heterocycles. The highest BCUT2D eigenvalue weighted by atomic mass is 33.1. The molecular formula is C38H56N9O10S2+. The molecular weight excluding hydrogens is 807 g/mol. The van der Waals surface area contributed by atoms with Gasteiger partial charge in [0.05, 0.1) is 53.4 Å². The van der Waals surface area contributed by atoms with Crippen molar-refractivity contribution >= 4 is 79.8 Å². The Hall–Kier alpha value is -4.86. The van der Waals surface area contributed by atoms with Crippen LogP contribution in [-0.2, 0) is 49.7 Å². The molecule has 4 rings (SSSR count). The molecule has 0 spiro atoms. The zero-order valence-electron chi connectivity index (χ0n) is 33.7. The lowest BCUT2D eigenvalue weighted by molar-refractivity contribution is -0.870. The molecule has 2 fully saturated rings. The highest BCUT2D eigenvalue weighted by Crippen LogP contribution is 2.26. The van der Waals surface area contributed by atoms with Crippen LogP contribution in [0.2, 0.25) is 0 Å². The second-order valence-electron chi connectivity index (χ2n) is 15.7. The number of nitrogens with two attached hydrogens (primary N) is 1. The molecule has 4 unspecified atom stereocenters. The summed E-state index contributed by atoms with van der Waals surface area (Å²) in [5, 5.41) is 23.1. The number of carbonyl (C=O) groups excluding carboxylic acids is 7. The van der Waals surface area contributed by atoms with Gasteiger partial charge in [-0.05, 0) is 32.3 Å². The lowest BCUT2D eigenvalue weighted by Crippen LogP contribution is -2.58. The quantitative estimate of drug-likeness (QED) is 0.0796. The highest BCUT2D eigenvalue weighted by Gasteiger charge is 2.43. The van der Waals surface area contributed by atoms with E-state index in [4.69, 9.17) is 10.5 Å². The number of aromatic nitrogens is 1. The third-order valence-corrected chi connectivity index (χ3v) is 12.2. The van der Waals surface area contributed by atoms with Crippen molar-refractivity contribution in [1.82, 2.24) is 36.5 Å². The van der Waals surface area contributed by atoms with Crippen molar-refractivity contribution in [2.75, 3.05) is 52.3 Å². The molecule has 2 saturated heterocycles. The summed E-state index contributed by atoms with van der Waals surface area (Å²) in [6, 6.07) is 1.42. The van der Waals surface area contributed by atoms with E-state index < -0.39 is 96.6 Å². The van der Waals surface area contributed by atoms with E-state index in [9.17, 15) is 43.5 Å². The smallest absolute Gasteiger partial charge is 0.305 e. The summed E-state index contributed by atoms with van der Waals surface area (Å²) in [5.41, 5.74) is 7.44. The number of amides is 7. The summed E-state index contributed by atoms with van der Waals surface area (Å²) in [4.78, 5) is 109. The third kappa shape index (κ3) is 14.7. The van der Waals surface area contributed by atoms with Gasteiger partial charge in [-0.15, -0.1) is 0 Å². The van der Waals surface area contributed by atoms with Gasteiger partial charge in [0.1, 0.15) is 30.2 Å². The van der Waals surface area contributed by atoms with Crippen LogP contribution in [0.3, 0.4) is 0 Å². The fraction of sp³-hybridized carbons (Fsp3) is 0.579. The number of hydrogen-bond donors (Lipinski definition) is 8. The Balaban J connectivity index is 1.53. The molecule has 0 bridgehead atoms. The number of aromatic amines is 1. The number of fused-ring (bicyclic) bond motifs is 2. The molecule has 1 aromatic carbocycles. The molecule has 3 heterocycles. The minimum atomic E-state index is -1.64. The number of quaternary nitrogens is 1. The van der Waals surface area contributed by atoms with Crippen molar-refractivity contribution in [3.63, 3.8) is 0 Å². The van der Waals surface area contributed by atoms with Crippen molar-refractivity contribution < 1.29 is 52.7 Å². The number of carboxylic acids is 1. The Morgan fingerprint density at radius 2 is 1.66 bits per heavy atom. The number of primary amides is 1. The molecule has 59 heavy (non-hydrogen) atoms. The van der Waals surface area contributed by atoms with E-state index in [0.29, 0.717) is 16.7 Å². The first kappa shape index (κ1) is 46.8. The van der Waals surface area contributed by atoms with Gasteiger partial charge in [-0.1, -0.05) is 39.8 Å². The normalized spacial score (nSPS) is 25.0. The Morgan fingerprint density at radius 3 is 2.37 bits per heavy atom. The Morgan fingerprint density at radius 1 is 0.932 bits per heavy atom. The number of carbonyl (C=O) groups is 8. The predicted octanol–water partition coefficient (Wildman–Crippen LogP) is -0.649. The summed E-state index contributed by atoms with van der Waals surface area (Å²) < 4.78 is 6.90. The maximum absolute atomic E-state index is 14.0. The van der Waals surface area contributed by atoms with Crippen molar-refractivity contribution in [1.29, 1.82) is 0 Å². The van der Waals surface area contributed by atoms with Gasteiger partial charge >= 0.3 is 5.97 Å². The number of carboxylic acid groups (broad SMARTS) is 1. The average molecular weight is 863 g/mol. The number of aliphatic carboxylic acids is 1. The first-order valence-corrected chi connectivity index (χ1v) is 21.9. The Bertz CT molecular complexity index is 1850. The monoisotopic (exact) mass is 862 g/mol. The van der Waals surface area contributed by atoms with Crippen LogP contribution >= 0.6 is 21.6 Å². The molecule has 2 aromatic rings. The minimum Gasteiger partial charge on any atom is -0.481 e. The predicted molar refractivity (Wildman–Crippen MR) is 221 cm³/mol. The molecule has 0 radical (unpaired) electrons. The number of hydrogen-bond acceptors (Lipinski definition) is 11. The van der Waals surface area contributed by atoms with E-state index in [1.165, 1.54) is 33.4 Å². The van der Waals surface area contributed by atoms with Crippen molar-refractivity contribution in [3.8, 4) is 0 Å². The molecule has 9 N–H and O–H groups in total. The van der Waals surface area contributed by atoms with Gasteiger partial charge in [0.2, 0.25) is 41.4 Å². The van der Waals surface area contributed by atoms with Crippen LogP contribution < -0.4 is 32.3 Å². The molecule has 19 nitrogen and oxygen atoms in total. The second-order valence-corrected chi connectivity index (χ2v) is 18.3. The number of para-hydroxylation sites is 1. The maximum atomic E-state index is 14.0. The SMILES string of the molecule is C[C@@H]1NC(=O)C(CC(=O)O)NC(=O)CNC(=O)C(CCCC[N+](C)(C)C)NC(=O)CCSSCC(C(N)=O)NC(=O)[C@@H]2CC(OCc3c[nH]c4ccccc34)CN2C1=O. The first-order valence-electron chi connectivity index (χ1n) is 19.4. The van der Waals surface area contributed by atoms with Gasteiger partial charge < -0.3 is 56.5 Å². The Labute approximate surface area is 350 Å². The lowest BCUT2D eigenvalue weighted by Gasteiger charge is -2.28. The van der Waals surface area contributed by atoms with Gasteiger partial charge in [-0.3, -0.25) is 38.4 Å². The van der Waals surface area contributed by atoms with Crippen molar-refractivity contribution in [2.45, 2.75) is 88.4 Å². The topological polar surface area (TPSA) is 271 Å². The first-order chi connectivity index (χ1) is 27.9. The third-order valence-electron chi connectivity index (χ3n) is 9.79. The van der Waals surface area contributed by atoms with Crippen LogP contribution in [-0.4, -0.2) is 155 Å². The van der Waals surface area contributed by atoms with E-state index in [1.807, 2.05) is 51.6 Å². The summed E-state index contributed by atoms with van der Waals surface area (Å²) >= 11 is 0. The number of nitrogens with one attached hydrogen (secondary N) is 6. The minimum absolute atomic E-state index is 0.0116. The number of nitrogens with zero attached hydrogens (tertiary/aromatic N) is 2. The van der Waals surface area contributed by atoms with Crippen LogP contribution in [0.25, 0.3) is 10.9 Å². The zero-order valence-corrected chi connectivity index (χ0v) is 35.4. The van der Waals surface area contributed by atoms with Gasteiger partial charge in [-0.2, -0.15) is 0 Å². The molecule has 6 atom stereocenters. The standard InChI is InChI=1S/C38H55N9O10S2/c1-22-38(56)46-19-24(57-20-23-17-40-26-10-6-5-9-25(23)26)15-30(46)37(55)45-29(34(39)52)21-59-58-14-12-31(48)43-27(11-7-8-13-47(2,3)4)35(53)41-18-32(49)44-28(16-33(50)51)36(54)42-22/h5-6,9-10,17,22,24,27-30,40H,7-8,11-16,18-21H2,1-4H3,(H7-,39,41,42,43,44,45,48,49,50,51,52,53,54,55)/p+1/t22-,24?,27?,28?,29?,30-/m0/s1.